The Kier molecular flexibility index (Phi) is 4.57. The Morgan fingerprint density at radius 1 is 1.67 bits per heavy atom. The Morgan fingerprint density at radius 2 is 2.47 bits per heavy atom. The first-order valence-corrected chi connectivity index (χ1v) is 4.86. The summed E-state index contributed by atoms with van der Waals surface area (Å²) in [7, 11) is 0. The van der Waals surface area contributed by atoms with E-state index in [-0.39, 0.29) is 30.9 Å². The van der Waals surface area contributed by atoms with Gasteiger partial charge in [-0.3, -0.25) is 9.59 Å². The van der Waals surface area contributed by atoms with E-state index in [2.05, 4.69) is 16.0 Å². The average molecular weight is 210 g/mol. The molecule has 0 aromatic rings. The van der Waals surface area contributed by atoms with Crippen LogP contribution >= 0.6 is 0 Å². The van der Waals surface area contributed by atoms with Gasteiger partial charge in [0.25, 0.3) is 0 Å². The van der Waals surface area contributed by atoms with Crippen molar-refractivity contribution in [3.05, 3.63) is 0 Å². The van der Waals surface area contributed by atoms with E-state index >= 15 is 0 Å². The summed E-state index contributed by atoms with van der Waals surface area (Å²) in [5, 5.41) is 16.4. The predicted molar refractivity (Wildman–Crippen MR) is 52.7 cm³/mol. The van der Waals surface area contributed by atoms with Crippen molar-refractivity contribution in [2.75, 3.05) is 19.6 Å². The van der Waals surface area contributed by atoms with Crippen LogP contribution in [0, 0.1) is 11.3 Å². The molecule has 1 heterocycles. The molecule has 15 heavy (non-hydrogen) atoms. The quantitative estimate of drug-likeness (QED) is 0.492. The van der Waals surface area contributed by atoms with E-state index in [9.17, 15) is 9.59 Å². The van der Waals surface area contributed by atoms with Crippen LogP contribution in [0.3, 0.4) is 0 Å². The minimum Gasteiger partial charge on any atom is -0.355 e. The average Bonchev–Trinajstić information content (AvgIpc) is 2.25. The highest BCUT2D eigenvalue weighted by atomic mass is 16.2. The molecule has 0 spiro atoms. The van der Waals surface area contributed by atoms with Crippen molar-refractivity contribution in [3.63, 3.8) is 0 Å². The van der Waals surface area contributed by atoms with Gasteiger partial charge in [0.2, 0.25) is 11.8 Å². The van der Waals surface area contributed by atoms with Gasteiger partial charge in [0.15, 0.2) is 0 Å². The maximum absolute atomic E-state index is 11.1. The second-order valence-electron chi connectivity index (χ2n) is 3.36. The molecular formula is C9H14N4O2. The summed E-state index contributed by atoms with van der Waals surface area (Å²) >= 11 is 0. The lowest BCUT2D eigenvalue weighted by atomic mass is 10.1. The standard InChI is InChI=1S/C9H14N4O2/c10-3-4-11-9(15)6-12-7-1-2-8(14)13-5-7/h7,12H,1-2,4-6H2,(H,11,15)(H,13,14). The minimum atomic E-state index is -0.201. The fourth-order valence-corrected chi connectivity index (χ4v) is 1.34. The number of nitrogens with zero attached hydrogens (tertiary/aromatic N) is 1. The molecule has 3 N–H and O–H groups in total. The Morgan fingerprint density at radius 3 is 3.07 bits per heavy atom. The normalized spacial score (nSPS) is 20.2. The fraction of sp³-hybridized carbons (Fsp3) is 0.667. The number of rotatable bonds is 4. The molecule has 0 aliphatic carbocycles. The van der Waals surface area contributed by atoms with Crippen molar-refractivity contribution in [2.24, 2.45) is 0 Å². The lowest BCUT2D eigenvalue weighted by molar-refractivity contribution is -0.122. The summed E-state index contributed by atoms with van der Waals surface area (Å²) in [6.45, 7) is 0.772. The first-order valence-electron chi connectivity index (χ1n) is 4.86. The van der Waals surface area contributed by atoms with Crippen LogP contribution in [0.25, 0.3) is 0 Å². The number of carbonyl (C=O) groups excluding carboxylic acids is 2. The van der Waals surface area contributed by atoms with Crippen LogP contribution in [-0.2, 0) is 9.59 Å². The lowest BCUT2D eigenvalue weighted by Gasteiger charge is -2.23. The molecule has 1 rings (SSSR count). The molecule has 6 heteroatoms. The number of nitriles is 1. The molecule has 1 saturated heterocycles. The van der Waals surface area contributed by atoms with Crippen LogP contribution in [0.1, 0.15) is 12.8 Å². The molecule has 0 bridgehead atoms. The number of amides is 2. The third-order valence-electron chi connectivity index (χ3n) is 2.18. The van der Waals surface area contributed by atoms with E-state index in [1.165, 1.54) is 0 Å². The maximum atomic E-state index is 11.1. The van der Waals surface area contributed by atoms with Gasteiger partial charge in [-0.1, -0.05) is 0 Å². The van der Waals surface area contributed by atoms with Crippen LogP contribution in [-0.4, -0.2) is 37.5 Å². The van der Waals surface area contributed by atoms with E-state index in [1.54, 1.807) is 0 Å². The Hall–Kier alpha value is -1.61. The Bertz CT molecular complexity index is 274. The first kappa shape index (κ1) is 11.5. The zero-order valence-electron chi connectivity index (χ0n) is 8.38. The van der Waals surface area contributed by atoms with Gasteiger partial charge in [-0.2, -0.15) is 5.26 Å². The van der Waals surface area contributed by atoms with Crippen LogP contribution in [0.5, 0.6) is 0 Å². The molecule has 1 unspecified atom stereocenters. The van der Waals surface area contributed by atoms with Gasteiger partial charge < -0.3 is 16.0 Å². The van der Waals surface area contributed by atoms with Crippen LogP contribution in [0.2, 0.25) is 0 Å². The number of carbonyl (C=O) groups is 2. The first-order chi connectivity index (χ1) is 7.22. The topological polar surface area (TPSA) is 94.0 Å². The fourth-order valence-electron chi connectivity index (χ4n) is 1.34. The summed E-state index contributed by atoms with van der Waals surface area (Å²) < 4.78 is 0. The smallest absolute Gasteiger partial charge is 0.234 e. The highest BCUT2D eigenvalue weighted by Crippen LogP contribution is 2.01. The molecule has 0 aromatic heterocycles. The Balaban J connectivity index is 2.12. The largest absolute Gasteiger partial charge is 0.355 e. The minimum absolute atomic E-state index is 0.0297. The summed E-state index contributed by atoms with van der Waals surface area (Å²) in [4.78, 5) is 21.9. The van der Waals surface area contributed by atoms with Gasteiger partial charge in [-0.25, -0.2) is 0 Å². The van der Waals surface area contributed by atoms with Crippen molar-refractivity contribution in [1.82, 2.24) is 16.0 Å². The van der Waals surface area contributed by atoms with Gasteiger partial charge in [-0.05, 0) is 6.42 Å². The third kappa shape index (κ3) is 4.42. The van der Waals surface area contributed by atoms with E-state index in [0.717, 1.165) is 6.42 Å². The van der Waals surface area contributed by atoms with E-state index in [1.807, 2.05) is 6.07 Å². The number of nitrogens with one attached hydrogen (secondary N) is 3. The maximum Gasteiger partial charge on any atom is 0.234 e. The molecule has 1 aliphatic rings. The highest BCUT2D eigenvalue weighted by Gasteiger charge is 2.17. The summed E-state index contributed by atoms with van der Waals surface area (Å²) in [5.41, 5.74) is 0. The van der Waals surface area contributed by atoms with Crippen LogP contribution in [0.15, 0.2) is 0 Å². The van der Waals surface area contributed by atoms with Crippen molar-refractivity contribution >= 4 is 11.8 Å². The molecule has 0 radical (unpaired) electrons. The van der Waals surface area contributed by atoms with Crippen molar-refractivity contribution in [3.8, 4) is 6.07 Å². The second kappa shape index (κ2) is 5.98. The zero-order chi connectivity index (χ0) is 11.1. The summed E-state index contributed by atoms with van der Waals surface area (Å²) in [5.74, 6) is -0.143. The molecule has 6 nitrogen and oxygen atoms in total. The lowest BCUT2D eigenvalue weighted by Crippen LogP contribution is -2.48. The second-order valence-corrected chi connectivity index (χ2v) is 3.36. The molecule has 1 aliphatic heterocycles. The third-order valence-corrected chi connectivity index (χ3v) is 2.18. The SMILES string of the molecule is N#CCNC(=O)CNC1CCC(=O)NC1. The highest BCUT2D eigenvalue weighted by molar-refractivity contribution is 5.78. The van der Waals surface area contributed by atoms with Gasteiger partial charge >= 0.3 is 0 Å². The van der Waals surface area contributed by atoms with Gasteiger partial charge in [0.05, 0.1) is 12.6 Å². The van der Waals surface area contributed by atoms with Gasteiger partial charge in [0, 0.05) is 19.0 Å². The molecular weight excluding hydrogens is 196 g/mol. The van der Waals surface area contributed by atoms with E-state index in [4.69, 9.17) is 5.26 Å². The molecule has 1 atom stereocenters. The van der Waals surface area contributed by atoms with Crippen molar-refractivity contribution in [1.29, 1.82) is 5.26 Å². The molecule has 1 fully saturated rings. The Labute approximate surface area is 88.0 Å². The number of piperidine rings is 1. The van der Waals surface area contributed by atoms with Gasteiger partial charge in [0.1, 0.15) is 6.54 Å². The van der Waals surface area contributed by atoms with Crippen LogP contribution < -0.4 is 16.0 Å². The monoisotopic (exact) mass is 210 g/mol. The molecule has 82 valence electrons. The molecule has 0 aromatic carbocycles. The predicted octanol–water partition coefficient (Wildman–Crippen LogP) is -1.51. The molecule has 2 amide bonds. The van der Waals surface area contributed by atoms with Crippen LogP contribution in [0.4, 0.5) is 0 Å². The van der Waals surface area contributed by atoms with Gasteiger partial charge in [-0.15, -0.1) is 0 Å². The summed E-state index contributed by atoms with van der Waals surface area (Å²) in [6, 6.07) is 1.97. The van der Waals surface area contributed by atoms with Crippen molar-refractivity contribution < 1.29 is 9.59 Å². The van der Waals surface area contributed by atoms with E-state index in [0.29, 0.717) is 13.0 Å². The molecule has 0 saturated carbocycles. The van der Waals surface area contributed by atoms with E-state index < -0.39 is 0 Å². The number of hydrogen-bond donors (Lipinski definition) is 3. The van der Waals surface area contributed by atoms with Crippen molar-refractivity contribution in [2.45, 2.75) is 18.9 Å². The zero-order valence-corrected chi connectivity index (χ0v) is 8.38. The number of hydrogen-bond acceptors (Lipinski definition) is 4. The summed E-state index contributed by atoms with van der Waals surface area (Å²) in [6.07, 6.45) is 1.24.